The maximum atomic E-state index is 13.3. The number of rotatable bonds is 3. The molecule has 0 saturated heterocycles. The van der Waals surface area contributed by atoms with Gasteiger partial charge in [-0.25, -0.2) is 14.4 Å². The minimum atomic E-state index is -0.739. The standard InChI is InChI=1S/C25H28FN3O3/c1-14-8-17(24-27-12-18(26)13-28-24)9-15(2)22(14)23-20(31)10-25(11-21(23)32)6-4-19(5-7-25)29-16(3)30/h8-9,12-13,19,23H,4-7,10-11H2,1-3H3,(H,29,30). The number of aromatic nitrogens is 2. The Morgan fingerprint density at radius 1 is 1.03 bits per heavy atom. The highest BCUT2D eigenvalue weighted by Gasteiger charge is 2.47. The second kappa shape index (κ2) is 8.52. The van der Waals surface area contributed by atoms with Gasteiger partial charge in [0.05, 0.1) is 12.4 Å². The topological polar surface area (TPSA) is 89.0 Å². The monoisotopic (exact) mass is 437 g/mol. The minimum absolute atomic E-state index is 0.0174. The van der Waals surface area contributed by atoms with Crippen molar-refractivity contribution in [1.29, 1.82) is 0 Å². The largest absolute Gasteiger partial charge is 0.354 e. The van der Waals surface area contributed by atoms with E-state index in [0.29, 0.717) is 18.7 Å². The molecule has 0 bridgehead atoms. The molecule has 0 radical (unpaired) electrons. The Morgan fingerprint density at radius 3 is 2.06 bits per heavy atom. The summed E-state index contributed by atoms with van der Waals surface area (Å²) in [7, 11) is 0. The van der Waals surface area contributed by atoms with Gasteiger partial charge in [0.1, 0.15) is 17.5 Å². The summed E-state index contributed by atoms with van der Waals surface area (Å²) in [5.41, 5.74) is 2.90. The van der Waals surface area contributed by atoms with Crippen LogP contribution in [-0.4, -0.2) is 33.5 Å². The molecule has 0 aliphatic heterocycles. The summed E-state index contributed by atoms with van der Waals surface area (Å²) >= 11 is 0. The molecule has 0 atom stereocenters. The van der Waals surface area contributed by atoms with Gasteiger partial charge in [0.15, 0.2) is 11.6 Å². The molecule has 1 heterocycles. The molecule has 2 aromatic rings. The zero-order chi connectivity index (χ0) is 23.0. The Bertz CT molecular complexity index is 1030. The zero-order valence-electron chi connectivity index (χ0n) is 18.7. The third-order valence-corrected chi connectivity index (χ3v) is 6.96. The first-order chi connectivity index (χ1) is 15.2. The molecule has 32 heavy (non-hydrogen) atoms. The summed E-state index contributed by atoms with van der Waals surface area (Å²) in [6.45, 7) is 5.29. The molecule has 6 nitrogen and oxygen atoms in total. The number of nitrogens with zero attached hydrogens (tertiary/aromatic N) is 2. The summed E-state index contributed by atoms with van der Waals surface area (Å²) in [6.07, 6.45) is 6.20. The molecular weight excluding hydrogens is 409 g/mol. The molecule has 0 unspecified atom stereocenters. The van der Waals surface area contributed by atoms with Crippen LogP contribution in [0.4, 0.5) is 4.39 Å². The Kier molecular flexibility index (Phi) is 5.93. The highest BCUT2D eigenvalue weighted by molar-refractivity contribution is 6.10. The number of Topliss-reactive ketones (excluding diaryl/α,β-unsaturated/α-hetero) is 2. The summed E-state index contributed by atoms with van der Waals surface area (Å²) in [5.74, 6) is -0.913. The summed E-state index contributed by atoms with van der Waals surface area (Å²) < 4.78 is 13.2. The van der Waals surface area contributed by atoms with E-state index in [2.05, 4.69) is 15.3 Å². The molecule has 168 valence electrons. The molecular formula is C25H28FN3O3. The summed E-state index contributed by atoms with van der Waals surface area (Å²) in [4.78, 5) is 46.0. The quantitative estimate of drug-likeness (QED) is 0.734. The maximum Gasteiger partial charge on any atom is 0.217 e. The van der Waals surface area contributed by atoms with Gasteiger partial charge in [0.25, 0.3) is 0 Å². The molecule has 4 rings (SSSR count). The number of hydrogen-bond donors (Lipinski definition) is 1. The van der Waals surface area contributed by atoms with E-state index in [0.717, 1.165) is 60.3 Å². The average Bonchev–Trinajstić information content (AvgIpc) is 2.71. The highest BCUT2D eigenvalue weighted by Crippen LogP contribution is 2.49. The predicted octanol–water partition coefficient (Wildman–Crippen LogP) is 3.98. The van der Waals surface area contributed by atoms with Crippen LogP contribution < -0.4 is 5.32 Å². The Hall–Kier alpha value is -2.96. The van der Waals surface area contributed by atoms with E-state index in [1.807, 2.05) is 26.0 Å². The van der Waals surface area contributed by atoms with Crippen molar-refractivity contribution in [1.82, 2.24) is 15.3 Å². The van der Waals surface area contributed by atoms with Crippen molar-refractivity contribution in [3.63, 3.8) is 0 Å². The van der Waals surface area contributed by atoms with Crippen LogP contribution in [0.1, 0.15) is 68.1 Å². The fourth-order valence-electron chi connectivity index (χ4n) is 5.54. The van der Waals surface area contributed by atoms with Gasteiger partial charge < -0.3 is 5.32 Å². The first-order valence-corrected chi connectivity index (χ1v) is 11.1. The molecule has 2 aliphatic carbocycles. The van der Waals surface area contributed by atoms with Crippen LogP contribution in [-0.2, 0) is 14.4 Å². The summed E-state index contributed by atoms with van der Waals surface area (Å²) in [6, 6.07) is 3.85. The number of carbonyl (C=O) groups excluding carboxylic acids is 3. The number of hydrogen-bond acceptors (Lipinski definition) is 5. The molecule has 7 heteroatoms. The number of carbonyl (C=O) groups is 3. The SMILES string of the molecule is CC(=O)NC1CCC2(CC1)CC(=O)C(c1c(C)cc(-c3ncc(F)cn3)cc1C)C(=O)C2. The molecule has 1 N–H and O–H groups in total. The fraction of sp³-hybridized carbons (Fsp3) is 0.480. The van der Waals surface area contributed by atoms with Gasteiger partial charge in [-0.1, -0.05) is 0 Å². The van der Waals surface area contributed by atoms with Gasteiger partial charge in [0, 0.05) is 31.4 Å². The lowest BCUT2D eigenvalue weighted by molar-refractivity contribution is -0.138. The van der Waals surface area contributed by atoms with E-state index in [4.69, 9.17) is 0 Å². The lowest BCUT2D eigenvalue weighted by atomic mass is 9.60. The van der Waals surface area contributed by atoms with Crippen molar-refractivity contribution in [3.05, 3.63) is 47.0 Å². The first-order valence-electron chi connectivity index (χ1n) is 11.1. The Morgan fingerprint density at radius 2 is 1.56 bits per heavy atom. The number of ketones is 2. The van der Waals surface area contributed by atoms with Crippen molar-refractivity contribution in [2.24, 2.45) is 5.41 Å². The van der Waals surface area contributed by atoms with E-state index in [9.17, 15) is 18.8 Å². The van der Waals surface area contributed by atoms with Crippen molar-refractivity contribution in [3.8, 4) is 11.4 Å². The first kappa shape index (κ1) is 22.2. The molecule has 1 aromatic carbocycles. The van der Waals surface area contributed by atoms with E-state index in [1.165, 1.54) is 6.92 Å². The second-order valence-corrected chi connectivity index (χ2v) is 9.44. The fourth-order valence-corrected chi connectivity index (χ4v) is 5.54. The molecule has 1 aromatic heterocycles. The minimum Gasteiger partial charge on any atom is -0.354 e. The summed E-state index contributed by atoms with van der Waals surface area (Å²) in [5, 5.41) is 2.96. The van der Waals surface area contributed by atoms with E-state index in [1.54, 1.807) is 0 Å². The highest BCUT2D eigenvalue weighted by atomic mass is 19.1. The molecule has 1 amide bonds. The molecule has 2 aliphatic rings. The third-order valence-electron chi connectivity index (χ3n) is 6.96. The Labute approximate surface area is 187 Å². The number of amides is 1. The number of nitrogens with one attached hydrogen (secondary N) is 1. The number of benzene rings is 1. The van der Waals surface area contributed by atoms with Crippen LogP contribution in [0, 0.1) is 25.1 Å². The number of halogens is 1. The second-order valence-electron chi connectivity index (χ2n) is 9.44. The molecule has 2 fully saturated rings. The van der Waals surface area contributed by atoms with Crippen molar-refractivity contribution < 1.29 is 18.8 Å². The van der Waals surface area contributed by atoms with Gasteiger partial charge in [0.2, 0.25) is 5.91 Å². The Balaban J connectivity index is 1.55. The van der Waals surface area contributed by atoms with Gasteiger partial charge in [-0.05, 0) is 73.8 Å². The van der Waals surface area contributed by atoms with Gasteiger partial charge in [-0.2, -0.15) is 0 Å². The van der Waals surface area contributed by atoms with Crippen molar-refractivity contribution >= 4 is 17.5 Å². The van der Waals surface area contributed by atoms with Gasteiger partial charge in [-0.3, -0.25) is 14.4 Å². The molecule has 1 spiro atoms. The van der Waals surface area contributed by atoms with Gasteiger partial charge in [-0.15, -0.1) is 0 Å². The van der Waals surface area contributed by atoms with E-state index in [-0.39, 0.29) is 28.9 Å². The smallest absolute Gasteiger partial charge is 0.217 e. The van der Waals surface area contributed by atoms with Crippen molar-refractivity contribution in [2.45, 2.75) is 71.3 Å². The van der Waals surface area contributed by atoms with E-state index < -0.39 is 11.7 Å². The normalized spacial score (nSPS) is 25.8. The van der Waals surface area contributed by atoms with Crippen LogP contribution in [0.5, 0.6) is 0 Å². The lowest BCUT2D eigenvalue weighted by Crippen LogP contribution is -2.45. The van der Waals surface area contributed by atoms with Crippen molar-refractivity contribution in [2.75, 3.05) is 0 Å². The van der Waals surface area contributed by atoms with Crippen LogP contribution in [0.3, 0.4) is 0 Å². The predicted molar refractivity (Wildman–Crippen MR) is 117 cm³/mol. The number of aryl methyl sites for hydroxylation is 2. The lowest BCUT2D eigenvalue weighted by Gasteiger charge is -2.43. The maximum absolute atomic E-state index is 13.3. The zero-order valence-corrected chi connectivity index (χ0v) is 18.7. The van der Waals surface area contributed by atoms with Crippen LogP contribution in [0.15, 0.2) is 24.5 Å². The third kappa shape index (κ3) is 4.33. The van der Waals surface area contributed by atoms with Crippen LogP contribution in [0.2, 0.25) is 0 Å². The average molecular weight is 438 g/mol. The van der Waals surface area contributed by atoms with Gasteiger partial charge >= 0.3 is 0 Å². The van der Waals surface area contributed by atoms with Crippen LogP contribution in [0.25, 0.3) is 11.4 Å². The van der Waals surface area contributed by atoms with E-state index >= 15 is 0 Å². The van der Waals surface area contributed by atoms with Crippen LogP contribution >= 0.6 is 0 Å². The molecule has 2 saturated carbocycles.